The average molecular weight is 417 g/mol. The Morgan fingerprint density at radius 3 is 2.13 bits per heavy atom. The van der Waals surface area contributed by atoms with Crippen LogP contribution in [0.1, 0.15) is 16.8 Å². The van der Waals surface area contributed by atoms with Crippen LogP contribution in [0.25, 0.3) is 0 Å². The Labute approximate surface area is 183 Å². The summed E-state index contributed by atoms with van der Waals surface area (Å²) in [5.41, 5.74) is 3.04. The van der Waals surface area contributed by atoms with Crippen LogP contribution in [0.15, 0.2) is 84.9 Å². The van der Waals surface area contributed by atoms with Gasteiger partial charge in [0.05, 0.1) is 0 Å². The van der Waals surface area contributed by atoms with Crippen LogP contribution < -0.4 is 20.4 Å². The minimum absolute atomic E-state index is 0.140. The van der Waals surface area contributed by atoms with Crippen molar-refractivity contribution in [3.8, 4) is 0 Å². The molecule has 6 heteroatoms. The molecule has 0 aromatic heterocycles. The minimum atomic E-state index is -0.289. The van der Waals surface area contributed by atoms with Crippen LogP contribution in [0.5, 0.6) is 0 Å². The maximum atomic E-state index is 12.8. The third kappa shape index (κ3) is 6.34. The summed E-state index contributed by atoms with van der Waals surface area (Å²) in [7, 11) is 3.77. The zero-order valence-electron chi connectivity index (χ0n) is 17.9. The Balaban J connectivity index is 1.48. The van der Waals surface area contributed by atoms with E-state index in [4.69, 9.17) is 0 Å². The number of amides is 3. The van der Waals surface area contributed by atoms with E-state index in [1.807, 2.05) is 55.6 Å². The van der Waals surface area contributed by atoms with Gasteiger partial charge in [-0.1, -0.05) is 42.5 Å². The molecule has 0 saturated heterocycles. The third-order valence-corrected chi connectivity index (χ3v) is 4.97. The standard InChI is InChI=1S/C25H28N4O2/c1-28(22-13-5-3-6-14-22)18-10-17-26-25(31)27-21-12-9-11-20(19-21)24(30)29(2)23-15-7-4-8-16-23/h3-9,11-16,19H,10,17-18H2,1-2H3,(H2,26,27,31). The molecule has 0 bridgehead atoms. The molecule has 31 heavy (non-hydrogen) atoms. The number of nitrogens with one attached hydrogen (secondary N) is 2. The van der Waals surface area contributed by atoms with E-state index in [-0.39, 0.29) is 11.9 Å². The molecular formula is C25H28N4O2. The molecule has 3 aromatic rings. The van der Waals surface area contributed by atoms with Gasteiger partial charge in [-0.2, -0.15) is 0 Å². The third-order valence-electron chi connectivity index (χ3n) is 4.97. The lowest BCUT2D eigenvalue weighted by Gasteiger charge is -2.19. The molecular weight excluding hydrogens is 388 g/mol. The minimum Gasteiger partial charge on any atom is -0.375 e. The number of hydrogen-bond acceptors (Lipinski definition) is 3. The molecule has 0 aliphatic heterocycles. The van der Waals surface area contributed by atoms with Crippen LogP contribution in [0, 0.1) is 0 Å². The molecule has 160 valence electrons. The number of hydrogen-bond donors (Lipinski definition) is 2. The molecule has 0 aliphatic carbocycles. The van der Waals surface area contributed by atoms with Gasteiger partial charge in [-0.15, -0.1) is 0 Å². The molecule has 0 saturated carbocycles. The highest BCUT2D eigenvalue weighted by Gasteiger charge is 2.14. The summed E-state index contributed by atoms with van der Waals surface area (Å²) in [5.74, 6) is -0.140. The van der Waals surface area contributed by atoms with E-state index >= 15 is 0 Å². The van der Waals surface area contributed by atoms with Crippen LogP contribution in [0.4, 0.5) is 21.9 Å². The van der Waals surface area contributed by atoms with E-state index < -0.39 is 0 Å². The van der Waals surface area contributed by atoms with Crippen LogP contribution in [-0.2, 0) is 0 Å². The molecule has 0 radical (unpaired) electrons. The monoisotopic (exact) mass is 416 g/mol. The highest BCUT2D eigenvalue weighted by Crippen LogP contribution is 2.17. The highest BCUT2D eigenvalue weighted by atomic mass is 16.2. The van der Waals surface area contributed by atoms with Gasteiger partial charge in [-0.3, -0.25) is 4.79 Å². The first-order valence-electron chi connectivity index (χ1n) is 10.3. The van der Waals surface area contributed by atoms with Crippen LogP contribution in [-0.4, -0.2) is 39.1 Å². The van der Waals surface area contributed by atoms with Gasteiger partial charge >= 0.3 is 6.03 Å². The van der Waals surface area contributed by atoms with E-state index in [1.54, 1.807) is 36.2 Å². The molecule has 3 rings (SSSR count). The lowest BCUT2D eigenvalue weighted by molar-refractivity contribution is 0.0993. The Kier molecular flexibility index (Phi) is 7.65. The summed E-state index contributed by atoms with van der Waals surface area (Å²) in [4.78, 5) is 28.7. The van der Waals surface area contributed by atoms with Crippen LogP contribution in [0.3, 0.4) is 0 Å². The number of benzene rings is 3. The molecule has 0 spiro atoms. The van der Waals surface area contributed by atoms with Crippen molar-refractivity contribution in [1.29, 1.82) is 0 Å². The maximum Gasteiger partial charge on any atom is 0.319 e. The number of carbonyl (C=O) groups is 2. The van der Waals surface area contributed by atoms with Crippen molar-refractivity contribution >= 4 is 29.0 Å². The fourth-order valence-corrected chi connectivity index (χ4v) is 3.20. The summed E-state index contributed by atoms with van der Waals surface area (Å²) in [5, 5.41) is 5.66. The molecule has 3 aromatic carbocycles. The molecule has 6 nitrogen and oxygen atoms in total. The molecule has 3 amide bonds. The smallest absolute Gasteiger partial charge is 0.319 e. The molecule has 0 atom stereocenters. The summed E-state index contributed by atoms with van der Waals surface area (Å²) in [6, 6.07) is 26.2. The molecule has 0 aliphatic rings. The van der Waals surface area contributed by atoms with Gasteiger partial charge < -0.3 is 20.4 Å². The largest absolute Gasteiger partial charge is 0.375 e. The highest BCUT2D eigenvalue weighted by molar-refractivity contribution is 6.06. The molecule has 0 unspecified atom stereocenters. The second-order valence-corrected chi connectivity index (χ2v) is 7.27. The predicted molar refractivity (Wildman–Crippen MR) is 127 cm³/mol. The Bertz CT molecular complexity index is 993. The molecule has 2 N–H and O–H groups in total. The fraction of sp³-hybridized carbons (Fsp3) is 0.200. The van der Waals surface area contributed by atoms with Gasteiger partial charge in [-0.25, -0.2) is 4.79 Å². The quantitative estimate of drug-likeness (QED) is 0.527. The second-order valence-electron chi connectivity index (χ2n) is 7.27. The number of nitrogens with zero attached hydrogens (tertiary/aromatic N) is 2. The van der Waals surface area contributed by atoms with E-state index in [0.717, 1.165) is 24.3 Å². The number of urea groups is 1. The first-order valence-corrected chi connectivity index (χ1v) is 10.3. The first-order chi connectivity index (χ1) is 15.0. The van der Waals surface area contributed by atoms with Crippen molar-refractivity contribution in [2.24, 2.45) is 0 Å². The zero-order chi connectivity index (χ0) is 22.1. The van der Waals surface area contributed by atoms with E-state index in [1.165, 1.54) is 0 Å². The van der Waals surface area contributed by atoms with Crippen molar-refractivity contribution in [2.45, 2.75) is 6.42 Å². The average Bonchev–Trinajstić information content (AvgIpc) is 2.82. The fourth-order valence-electron chi connectivity index (χ4n) is 3.20. The topological polar surface area (TPSA) is 64.7 Å². The van der Waals surface area contributed by atoms with E-state index in [2.05, 4.69) is 27.7 Å². The van der Waals surface area contributed by atoms with Gasteiger partial charge in [0, 0.05) is 49.8 Å². The number of para-hydroxylation sites is 2. The van der Waals surface area contributed by atoms with Gasteiger partial charge in [0.1, 0.15) is 0 Å². The van der Waals surface area contributed by atoms with Crippen molar-refractivity contribution in [3.63, 3.8) is 0 Å². The molecule has 0 fully saturated rings. The van der Waals surface area contributed by atoms with Crippen LogP contribution in [0.2, 0.25) is 0 Å². The van der Waals surface area contributed by atoms with Gasteiger partial charge in [-0.05, 0) is 48.9 Å². The molecule has 0 heterocycles. The van der Waals surface area contributed by atoms with Gasteiger partial charge in [0.2, 0.25) is 0 Å². The number of carbonyl (C=O) groups excluding carboxylic acids is 2. The van der Waals surface area contributed by atoms with Gasteiger partial charge in [0.25, 0.3) is 5.91 Å². The summed E-state index contributed by atoms with van der Waals surface area (Å²) in [6.07, 6.45) is 0.819. The maximum absolute atomic E-state index is 12.8. The normalized spacial score (nSPS) is 10.3. The van der Waals surface area contributed by atoms with Crippen molar-refractivity contribution < 1.29 is 9.59 Å². The Hall–Kier alpha value is -3.80. The SMILES string of the molecule is CN(CCCNC(=O)Nc1cccc(C(=O)N(C)c2ccccc2)c1)c1ccccc1. The first kappa shape index (κ1) is 21.9. The summed E-state index contributed by atoms with van der Waals surface area (Å²) < 4.78 is 0. The Morgan fingerprint density at radius 2 is 1.45 bits per heavy atom. The summed E-state index contributed by atoms with van der Waals surface area (Å²) in [6.45, 7) is 1.39. The van der Waals surface area contributed by atoms with Crippen molar-refractivity contribution in [3.05, 3.63) is 90.5 Å². The van der Waals surface area contributed by atoms with Crippen molar-refractivity contribution in [2.75, 3.05) is 42.3 Å². The summed E-state index contributed by atoms with van der Waals surface area (Å²) >= 11 is 0. The lowest BCUT2D eigenvalue weighted by atomic mass is 10.1. The van der Waals surface area contributed by atoms with E-state index in [0.29, 0.717) is 17.8 Å². The van der Waals surface area contributed by atoms with Crippen LogP contribution >= 0.6 is 0 Å². The van der Waals surface area contributed by atoms with E-state index in [9.17, 15) is 9.59 Å². The van der Waals surface area contributed by atoms with Crippen molar-refractivity contribution in [1.82, 2.24) is 5.32 Å². The number of rotatable bonds is 8. The zero-order valence-corrected chi connectivity index (χ0v) is 17.9. The number of anilines is 3. The lowest BCUT2D eigenvalue weighted by Crippen LogP contribution is -2.32. The van der Waals surface area contributed by atoms with Gasteiger partial charge in [0.15, 0.2) is 0 Å². The predicted octanol–water partition coefficient (Wildman–Crippen LogP) is 4.61. The Morgan fingerprint density at radius 1 is 0.806 bits per heavy atom. The second kappa shape index (κ2) is 10.8.